The standard InChI is InChI=1S/C19H14Cl2N2O2S/c1-12-2-8-15(9-3-12)25-18(24)17-16(21)10-22-19(23-17)26-11-13-4-6-14(20)7-5-13/h2-10H,11H2,1H3. The molecule has 3 aromatic rings. The summed E-state index contributed by atoms with van der Waals surface area (Å²) in [7, 11) is 0. The van der Waals surface area contributed by atoms with E-state index in [9.17, 15) is 4.79 Å². The number of hydrogen-bond acceptors (Lipinski definition) is 5. The maximum atomic E-state index is 12.4. The Hall–Kier alpha value is -2.08. The van der Waals surface area contributed by atoms with Gasteiger partial charge in [0.05, 0.1) is 11.2 Å². The summed E-state index contributed by atoms with van der Waals surface area (Å²) in [5, 5.41) is 1.28. The molecule has 0 N–H and O–H groups in total. The minimum Gasteiger partial charge on any atom is -0.422 e. The number of aromatic nitrogens is 2. The lowest BCUT2D eigenvalue weighted by Crippen LogP contribution is -2.12. The average molecular weight is 405 g/mol. The fourth-order valence-corrected chi connectivity index (χ4v) is 3.12. The lowest BCUT2D eigenvalue weighted by molar-refractivity contribution is 0.0727. The predicted molar refractivity (Wildman–Crippen MR) is 104 cm³/mol. The van der Waals surface area contributed by atoms with Gasteiger partial charge in [-0.3, -0.25) is 0 Å². The first-order valence-corrected chi connectivity index (χ1v) is 9.44. The molecular weight excluding hydrogens is 391 g/mol. The highest BCUT2D eigenvalue weighted by molar-refractivity contribution is 7.98. The Morgan fingerprint density at radius 3 is 2.46 bits per heavy atom. The van der Waals surface area contributed by atoms with Crippen LogP contribution < -0.4 is 4.74 Å². The van der Waals surface area contributed by atoms with Gasteiger partial charge in [0, 0.05) is 10.8 Å². The largest absolute Gasteiger partial charge is 0.422 e. The first kappa shape index (κ1) is 18.7. The number of aryl methyl sites for hydroxylation is 1. The summed E-state index contributed by atoms with van der Waals surface area (Å²) < 4.78 is 5.33. The van der Waals surface area contributed by atoms with Gasteiger partial charge >= 0.3 is 5.97 Å². The molecule has 0 saturated heterocycles. The average Bonchev–Trinajstić information content (AvgIpc) is 2.64. The normalized spacial score (nSPS) is 10.6. The lowest BCUT2D eigenvalue weighted by atomic mass is 10.2. The minimum atomic E-state index is -0.616. The topological polar surface area (TPSA) is 52.1 Å². The van der Waals surface area contributed by atoms with Crippen molar-refractivity contribution in [2.75, 3.05) is 0 Å². The second-order valence-electron chi connectivity index (χ2n) is 5.47. The van der Waals surface area contributed by atoms with Crippen LogP contribution in [0, 0.1) is 6.92 Å². The number of carbonyl (C=O) groups excluding carboxylic acids is 1. The van der Waals surface area contributed by atoms with Gasteiger partial charge in [0.15, 0.2) is 10.9 Å². The maximum Gasteiger partial charge on any atom is 0.364 e. The van der Waals surface area contributed by atoms with E-state index in [0.29, 0.717) is 21.7 Å². The zero-order valence-electron chi connectivity index (χ0n) is 13.8. The van der Waals surface area contributed by atoms with E-state index in [-0.39, 0.29) is 10.7 Å². The molecule has 2 aromatic carbocycles. The van der Waals surface area contributed by atoms with Crippen LogP contribution in [0.1, 0.15) is 21.6 Å². The molecule has 3 rings (SSSR count). The highest BCUT2D eigenvalue weighted by Gasteiger charge is 2.17. The van der Waals surface area contributed by atoms with Gasteiger partial charge in [-0.2, -0.15) is 0 Å². The van der Waals surface area contributed by atoms with Gasteiger partial charge in [-0.1, -0.05) is 64.8 Å². The quantitative estimate of drug-likeness (QED) is 0.239. The van der Waals surface area contributed by atoms with E-state index in [1.807, 2.05) is 43.3 Å². The molecule has 0 spiro atoms. The number of rotatable bonds is 5. The highest BCUT2D eigenvalue weighted by Crippen LogP contribution is 2.24. The molecular formula is C19H14Cl2N2O2S. The number of halogens is 2. The molecule has 0 fully saturated rings. The molecule has 0 amide bonds. The number of carbonyl (C=O) groups is 1. The summed E-state index contributed by atoms with van der Waals surface area (Å²) in [6.45, 7) is 1.96. The van der Waals surface area contributed by atoms with Gasteiger partial charge in [-0.25, -0.2) is 14.8 Å². The van der Waals surface area contributed by atoms with Crippen molar-refractivity contribution in [2.24, 2.45) is 0 Å². The summed E-state index contributed by atoms with van der Waals surface area (Å²) in [5.74, 6) is 0.464. The molecule has 0 saturated carbocycles. The number of benzene rings is 2. The van der Waals surface area contributed by atoms with Crippen LogP contribution in [0.5, 0.6) is 5.75 Å². The van der Waals surface area contributed by atoms with Crippen molar-refractivity contribution in [1.29, 1.82) is 0 Å². The molecule has 0 aliphatic heterocycles. The number of thioether (sulfide) groups is 1. The summed E-state index contributed by atoms with van der Waals surface area (Å²) >= 11 is 13.3. The molecule has 0 aliphatic carbocycles. The number of ether oxygens (including phenoxy) is 1. The lowest BCUT2D eigenvalue weighted by Gasteiger charge is -2.07. The number of esters is 1. The van der Waals surface area contributed by atoms with Gasteiger partial charge in [0.2, 0.25) is 0 Å². The molecule has 26 heavy (non-hydrogen) atoms. The fourth-order valence-electron chi connectivity index (χ4n) is 2.05. The molecule has 4 nitrogen and oxygen atoms in total. The van der Waals surface area contributed by atoms with Crippen molar-refractivity contribution in [3.63, 3.8) is 0 Å². The summed E-state index contributed by atoms with van der Waals surface area (Å²) in [6, 6.07) is 14.7. The minimum absolute atomic E-state index is 0.0425. The molecule has 0 bridgehead atoms. The summed E-state index contributed by atoms with van der Waals surface area (Å²) in [6.07, 6.45) is 1.41. The van der Waals surface area contributed by atoms with Crippen LogP contribution in [0.2, 0.25) is 10.0 Å². The third kappa shape index (κ3) is 4.97. The molecule has 1 aromatic heterocycles. The van der Waals surface area contributed by atoms with Crippen LogP contribution >= 0.6 is 35.0 Å². The molecule has 0 atom stereocenters. The summed E-state index contributed by atoms with van der Waals surface area (Å²) in [4.78, 5) is 20.8. The Bertz CT molecular complexity index is 916. The second kappa shape index (κ2) is 8.54. The zero-order valence-corrected chi connectivity index (χ0v) is 16.1. The third-order valence-corrected chi connectivity index (χ3v) is 4.89. The molecule has 0 unspecified atom stereocenters. The number of hydrogen-bond donors (Lipinski definition) is 0. The van der Waals surface area contributed by atoms with Gasteiger partial charge in [-0.15, -0.1) is 0 Å². The van der Waals surface area contributed by atoms with E-state index >= 15 is 0 Å². The first-order valence-electron chi connectivity index (χ1n) is 7.70. The zero-order chi connectivity index (χ0) is 18.5. The highest BCUT2D eigenvalue weighted by atomic mass is 35.5. The molecule has 1 heterocycles. The van der Waals surface area contributed by atoms with Crippen molar-refractivity contribution >= 4 is 40.9 Å². The van der Waals surface area contributed by atoms with Crippen LogP contribution in [-0.4, -0.2) is 15.9 Å². The van der Waals surface area contributed by atoms with Crippen molar-refractivity contribution in [3.05, 3.63) is 81.6 Å². The van der Waals surface area contributed by atoms with Crippen LogP contribution in [0.15, 0.2) is 59.9 Å². The fraction of sp³-hybridized carbons (Fsp3) is 0.105. The van der Waals surface area contributed by atoms with Crippen LogP contribution in [0.25, 0.3) is 0 Å². The Kier molecular flexibility index (Phi) is 6.14. The summed E-state index contributed by atoms with van der Waals surface area (Å²) in [5.41, 5.74) is 2.19. The smallest absolute Gasteiger partial charge is 0.364 e. The van der Waals surface area contributed by atoms with Crippen LogP contribution in [0.3, 0.4) is 0 Å². The van der Waals surface area contributed by atoms with E-state index in [4.69, 9.17) is 27.9 Å². The number of nitrogens with zero attached hydrogens (tertiary/aromatic N) is 2. The predicted octanol–water partition coefficient (Wildman–Crippen LogP) is 5.60. The Balaban J connectivity index is 1.71. The van der Waals surface area contributed by atoms with Crippen molar-refractivity contribution in [1.82, 2.24) is 9.97 Å². The Morgan fingerprint density at radius 2 is 1.77 bits per heavy atom. The van der Waals surface area contributed by atoms with Crippen LogP contribution in [-0.2, 0) is 5.75 Å². The molecule has 0 aliphatic rings. The maximum absolute atomic E-state index is 12.4. The van der Waals surface area contributed by atoms with E-state index < -0.39 is 5.97 Å². The van der Waals surface area contributed by atoms with Gasteiger partial charge in [-0.05, 0) is 36.8 Å². The molecule has 7 heteroatoms. The molecule has 0 radical (unpaired) electrons. The first-order chi connectivity index (χ1) is 12.5. The van der Waals surface area contributed by atoms with Crippen molar-refractivity contribution in [3.8, 4) is 5.75 Å². The van der Waals surface area contributed by atoms with Crippen molar-refractivity contribution in [2.45, 2.75) is 17.8 Å². The van der Waals surface area contributed by atoms with Gasteiger partial charge in [0.25, 0.3) is 0 Å². The second-order valence-corrected chi connectivity index (χ2v) is 7.25. The monoisotopic (exact) mass is 404 g/mol. The van der Waals surface area contributed by atoms with Crippen LogP contribution in [0.4, 0.5) is 0 Å². The van der Waals surface area contributed by atoms with E-state index in [1.165, 1.54) is 18.0 Å². The van der Waals surface area contributed by atoms with Gasteiger partial charge < -0.3 is 4.74 Å². The van der Waals surface area contributed by atoms with Gasteiger partial charge in [0.1, 0.15) is 5.75 Å². The van der Waals surface area contributed by atoms with E-state index in [1.54, 1.807) is 12.1 Å². The Labute approximate surface area is 165 Å². The van der Waals surface area contributed by atoms with E-state index in [2.05, 4.69) is 9.97 Å². The molecule has 132 valence electrons. The SMILES string of the molecule is Cc1ccc(OC(=O)c2nc(SCc3ccc(Cl)cc3)ncc2Cl)cc1. The third-order valence-electron chi connectivity index (χ3n) is 3.43. The van der Waals surface area contributed by atoms with Crippen molar-refractivity contribution < 1.29 is 9.53 Å². The van der Waals surface area contributed by atoms with E-state index in [0.717, 1.165) is 11.1 Å². The Morgan fingerprint density at radius 1 is 1.08 bits per heavy atom.